The lowest BCUT2D eigenvalue weighted by Gasteiger charge is -1.97. The van der Waals surface area contributed by atoms with Crippen LogP contribution in [0.5, 0.6) is 0 Å². The second kappa shape index (κ2) is 4.62. The monoisotopic (exact) mass is 257 g/mol. The first-order valence-corrected chi connectivity index (χ1v) is 6.41. The van der Waals surface area contributed by atoms with E-state index in [1.54, 1.807) is 11.3 Å². The Labute approximate surface area is 108 Å². The van der Waals surface area contributed by atoms with Gasteiger partial charge < -0.3 is 10.3 Å². The Balaban J connectivity index is 1.88. The number of thiophene rings is 1. The Morgan fingerprint density at radius 1 is 1.17 bits per heavy atom. The molecule has 0 aliphatic carbocycles. The molecule has 5 heteroatoms. The second-order valence-electron chi connectivity index (χ2n) is 3.86. The summed E-state index contributed by atoms with van der Waals surface area (Å²) >= 11 is 1.68. The summed E-state index contributed by atoms with van der Waals surface area (Å²) in [5.41, 5.74) is 7.29. The highest BCUT2D eigenvalue weighted by Crippen LogP contribution is 2.24. The van der Waals surface area contributed by atoms with Gasteiger partial charge >= 0.3 is 0 Å². The molecule has 2 heterocycles. The molecule has 0 amide bonds. The summed E-state index contributed by atoms with van der Waals surface area (Å²) in [6.07, 6.45) is 0.688. The second-order valence-corrected chi connectivity index (χ2v) is 4.89. The van der Waals surface area contributed by atoms with Crippen molar-refractivity contribution in [3.63, 3.8) is 0 Å². The maximum atomic E-state index is 5.87. The quantitative estimate of drug-likeness (QED) is 0.732. The van der Waals surface area contributed by atoms with Crippen LogP contribution in [0.25, 0.3) is 11.5 Å². The summed E-state index contributed by atoms with van der Waals surface area (Å²) in [6.45, 7) is 0. The molecule has 0 bridgehead atoms. The van der Waals surface area contributed by atoms with Crippen LogP contribution in [0.2, 0.25) is 0 Å². The van der Waals surface area contributed by atoms with E-state index < -0.39 is 0 Å². The number of hydrogen-bond acceptors (Lipinski definition) is 5. The minimum Gasteiger partial charge on any atom is -0.398 e. The Morgan fingerprint density at radius 2 is 2.06 bits per heavy atom. The highest BCUT2D eigenvalue weighted by molar-refractivity contribution is 7.09. The van der Waals surface area contributed by atoms with Gasteiger partial charge in [0, 0.05) is 17.0 Å². The van der Waals surface area contributed by atoms with Gasteiger partial charge in [0.25, 0.3) is 5.89 Å². The molecule has 0 saturated heterocycles. The number of para-hydroxylation sites is 1. The lowest BCUT2D eigenvalue weighted by molar-refractivity contribution is 0.424. The van der Waals surface area contributed by atoms with Crippen molar-refractivity contribution in [3.8, 4) is 11.5 Å². The summed E-state index contributed by atoms with van der Waals surface area (Å²) in [6, 6.07) is 11.5. The smallest absolute Gasteiger partial charge is 0.260 e. The van der Waals surface area contributed by atoms with Crippen molar-refractivity contribution in [3.05, 3.63) is 52.5 Å². The van der Waals surface area contributed by atoms with Crippen LogP contribution in [0, 0.1) is 0 Å². The Kier molecular flexibility index (Phi) is 2.82. The predicted octanol–water partition coefficient (Wildman–Crippen LogP) is 2.97. The van der Waals surface area contributed by atoms with E-state index >= 15 is 0 Å². The van der Waals surface area contributed by atoms with Gasteiger partial charge in [0.15, 0.2) is 5.82 Å². The van der Waals surface area contributed by atoms with Crippen molar-refractivity contribution in [1.82, 2.24) is 10.1 Å². The van der Waals surface area contributed by atoms with Crippen molar-refractivity contribution in [1.29, 1.82) is 0 Å². The fourth-order valence-corrected chi connectivity index (χ4v) is 2.40. The Morgan fingerprint density at radius 3 is 2.83 bits per heavy atom. The molecule has 1 aromatic carbocycles. The van der Waals surface area contributed by atoms with Crippen molar-refractivity contribution in [2.75, 3.05) is 5.73 Å². The van der Waals surface area contributed by atoms with Gasteiger partial charge in [0.2, 0.25) is 0 Å². The molecular formula is C13H11N3OS. The maximum absolute atomic E-state index is 5.87. The van der Waals surface area contributed by atoms with Crippen molar-refractivity contribution < 1.29 is 4.52 Å². The fourth-order valence-electron chi connectivity index (χ4n) is 1.70. The maximum Gasteiger partial charge on any atom is 0.260 e. The molecule has 4 nitrogen and oxygen atoms in total. The first-order valence-electron chi connectivity index (χ1n) is 5.53. The Bertz CT molecular complexity index is 646. The van der Waals surface area contributed by atoms with Gasteiger partial charge in [-0.15, -0.1) is 11.3 Å². The molecule has 90 valence electrons. The third-order valence-electron chi connectivity index (χ3n) is 2.57. The van der Waals surface area contributed by atoms with Gasteiger partial charge in [-0.1, -0.05) is 23.4 Å². The molecule has 0 aliphatic heterocycles. The highest BCUT2D eigenvalue weighted by atomic mass is 32.1. The molecule has 0 spiro atoms. The van der Waals surface area contributed by atoms with Crippen molar-refractivity contribution >= 4 is 17.0 Å². The zero-order valence-electron chi connectivity index (χ0n) is 9.54. The normalized spacial score (nSPS) is 10.7. The molecular weight excluding hydrogens is 246 g/mol. The molecule has 18 heavy (non-hydrogen) atoms. The van der Waals surface area contributed by atoms with Crippen molar-refractivity contribution in [2.45, 2.75) is 6.42 Å². The molecule has 0 unspecified atom stereocenters. The van der Waals surface area contributed by atoms with Gasteiger partial charge in [-0.2, -0.15) is 4.98 Å². The van der Waals surface area contributed by atoms with Crippen LogP contribution >= 0.6 is 11.3 Å². The largest absolute Gasteiger partial charge is 0.398 e. The van der Waals surface area contributed by atoms with Gasteiger partial charge in [-0.05, 0) is 23.6 Å². The van der Waals surface area contributed by atoms with Crippen LogP contribution in [-0.2, 0) is 6.42 Å². The SMILES string of the molecule is Nc1ccccc1-c1nc(Cc2cccs2)no1. The molecule has 0 saturated carbocycles. The van der Waals surface area contributed by atoms with Crippen LogP contribution in [-0.4, -0.2) is 10.1 Å². The Hall–Kier alpha value is -2.14. The fraction of sp³-hybridized carbons (Fsp3) is 0.0769. The number of aromatic nitrogens is 2. The van der Waals surface area contributed by atoms with Gasteiger partial charge in [-0.25, -0.2) is 0 Å². The summed E-state index contributed by atoms with van der Waals surface area (Å²) in [5, 5.41) is 6.01. The first kappa shape index (κ1) is 11.0. The van der Waals surface area contributed by atoms with Gasteiger partial charge in [0.05, 0.1) is 5.56 Å². The predicted molar refractivity (Wildman–Crippen MR) is 71.3 cm³/mol. The molecule has 2 N–H and O–H groups in total. The number of anilines is 1. The lowest BCUT2D eigenvalue weighted by atomic mass is 10.2. The van der Waals surface area contributed by atoms with E-state index in [0.29, 0.717) is 23.8 Å². The molecule has 0 atom stereocenters. The van der Waals surface area contributed by atoms with E-state index in [-0.39, 0.29) is 0 Å². The average molecular weight is 257 g/mol. The van der Waals surface area contributed by atoms with E-state index in [1.807, 2.05) is 35.7 Å². The molecule has 3 aromatic rings. The van der Waals surface area contributed by atoms with E-state index in [9.17, 15) is 0 Å². The van der Waals surface area contributed by atoms with Crippen LogP contribution in [0.15, 0.2) is 46.3 Å². The van der Waals surface area contributed by atoms with E-state index in [2.05, 4.69) is 16.2 Å². The zero-order valence-corrected chi connectivity index (χ0v) is 10.4. The number of nitrogens with zero attached hydrogens (tertiary/aromatic N) is 2. The standard InChI is InChI=1S/C13H11N3OS/c14-11-6-2-1-5-10(11)13-15-12(16-17-13)8-9-4-3-7-18-9/h1-7H,8,14H2. The highest BCUT2D eigenvalue weighted by Gasteiger charge is 2.11. The molecule has 0 radical (unpaired) electrons. The summed E-state index contributed by atoms with van der Waals surface area (Å²) in [7, 11) is 0. The van der Waals surface area contributed by atoms with Gasteiger partial charge in [-0.3, -0.25) is 0 Å². The molecule has 0 aliphatic rings. The minimum absolute atomic E-state index is 0.472. The van der Waals surface area contributed by atoms with Crippen LogP contribution < -0.4 is 5.73 Å². The third kappa shape index (κ3) is 2.12. The van der Waals surface area contributed by atoms with Crippen LogP contribution in [0.3, 0.4) is 0 Å². The van der Waals surface area contributed by atoms with Gasteiger partial charge in [0.1, 0.15) is 0 Å². The topological polar surface area (TPSA) is 64.9 Å². The van der Waals surface area contributed by atoms with Crippen LogP contribution in [0.1, 0.15) is 10.7 Å². The van der Waals surface area contributed by atoms with Crippen molar-refractivity contribution in [2.24, 2.45) is 0 Å². The number of rotatable bonds is 3. The lowest BCUT2D eigenvalue weighted by Crippen LogP contribution is -1.90. The minimum atomic E-state index is 0.472. The molecule has 2 aromatic heterocycles. The zero-order chi connectivity index (χ0) is 12.4. The summed E-state index contributed by atoms with van der Waals surface area (Å²) in [5.74, 6) is 1.15. The number of benzene rings is 1. The molecule has 0 fully saturated rings. The first-order chi connectivity index (χ1) is 8.83. The van der Waals surface area contributed by atoms with E-state index in [1.165, 1.54) is 4.88 Å². The number of nitrogens with two attached hydrogens (primary N) is 1. The number of nitrogen functional groups attached to an aromatic ring is 1. The van der Waals surface area contributed by atoms with E-state index in [4.69, 9.17) is 10.3 Å². The van der Waals surface area contributed by atoms with Crippen LogP contribution in [0.4, 0.5) is 5.69 Å². The molecule has 3 rings (SSSR count). The third-order valence-corrected chi connectivity index (χ3v) is 3.45. The summed E-state index contributed by atoms with van der Waals surface area (Å²) in [4.78, 5) is 5.58. The summed E-state index contributed by atoms with van der Waals surface area (Å²) < 4.78 is 5.24. The average Bonchev–Trinajstić information content (AvgIpc) is 3.02. The van der Waals surface area contributed by atoms with E-state index in [0.717, 1.165) is 5.56 Å². The number of hydrogen-bond donors (Lipinski definition) is 1.